The van der Waals surface area contributed by atoms with Crippen molar-refractivity contribution in [1.29, 1.82) is 5.26 Å². The van der Waals surface area contributed by atoms with Gasteiger partial charge in [0.25, 0.3) is 5.91 Å². The molecular weight excluding hydrogens is 495 g/mol. The molecule has 0 aromatic heterocycles. The maximum Gasteiger partial charge on any atom is 0.266 e. The Labute approximate surface area is 221 Å². The number of rotatable bonds is 9. The average molecular weight is 521 g/mol. The van der Waals surface area contributed by atoms with E-state index in [1.54, 1.807) is 36.4 Å². The SMILES string of the molecule is C=CCc1cc(/C=C(\C#N)C(=O)Nc2cccc(C)c2C)cc(OC)c1OCc1ccc(Cl)cc1Cl. The van der Waals surface area contributed by atoms with Crippen molar-refractivity contribution in [2.24, 2.45) is 0 Å². The van der Waals surface area contributed by atoms with E-state index in [9.17, 15) is 10.1 Å². The molecule has 184 valence electrons. The molecule has 0 heterocycles. The molecule has 0 bridgehead atoms. The summed E-state index contributed by atoms with van der Waals surface area (Å²) in [6, 6.07) is 16.4. The third-order valence-corrected chi connectivity index (χ3v) is 6.24. The lowest BCUT2D eigenvalue weighted by atomic mass is 10.0. The van der Waals surface area contributed by atoms with Gasteiger partial charge in [-0.05, 0) is 73.4 Å². The predicted octanol–water partition coefficient (Wildman–Crippen LogP) is 7.47. The molecule has 36 heavy (non-hydrogen) atoms. The number of allylic oxidation sites excluding steroid dienone is 1. The Balaban J connectivity index is 1.92. The molecule has 0 radical (unpaired) electrons. The minimum Gasteiger partial charge on any atom is -0.493 e. The van der Waals surface area contributed by atoms with Crippen LogP contribution in [0, 0.1) is 25.2 Å². The zero-order valence-corrected chi connectivity index (χ0v) is 21.8. The average Bonchev–Trinajstić information content (AvgIpc) is 2.85. The van der Waals surface area contributed by atoms with Crippen molar-refractivity contribution in [1.82, 2.24) is 0 Å². The molecule has 0 aliphatic carbocycles. The Kier molecular flexibility index (Phi) is 9.19. The van der Waals surface area contributed by atoms with Gasteiger partial charge in [-0.2, -0.15) is 5.26 Å². The largest absolute Gasteiger partial charge is 0.493 e. The number of nitrogens with zero attached hydrogens (tertiary/aromatic N) is 1. The van der Waals surface area contributed by atoms with Gasteiger partial charge in [-0.3, -0.25) is 4.79 Å². The fourth-order valence-corrected chi connectivity index (χ4v) is 4.03. The number of hydrogen-bond donors (Lipinski definition) is 1. The quantitative estimate of drug-likeness (QED) is 0.180. The number of benzene rings is 3. The second-order valence-electron chi connectivity index (χ2n) is 8.10. The van der Waals surface area contributed by atoms with Gasteiger partial charge in [-0.1, -0.05) is 47.5 Å². The lowest BCUT2D eigenvalue weighted by Crippen LogP contribution is -2.14. The van der Waals surface area contributed by atoms with E-state index in [-0.39, 0.29) is 12.2 Å². The van der Waals surface area contributed by atoms with Gasteiger partial charge in [-0.25, -0.2) is 0 Å². The molecule has 5 nitrogen and oxygen atoms in total. The summed E-state index contributed by atoms with van der Waals surface area (Å²) in [7, 11) is 1.53. The molecule has 7 heteroatoms. The highest BCUT2D eigenvalue weighted by Gasteiger charge is 2.16. The van der Waals surface area contributed by atoms with Crippen LogP contribution in [0.5, 0.6) is 11.5 Å². The minimum absolute atomic E-state index is 0.0378. The maximum absolute atomic E-state index is 12.9. The fourth-order valence-electron chi connectivity index (χ4n) is 3.57. The van der Waals surface area contributed by atoms with Crippen LogP contribution in [-0.4, -0.2) is 13.0 Å². The van der Waals surface area contributed by atoms with Gasteiger partial charge in [0.05, 0.1) is 7.11 Å². The normalized spacial score (nSPS) is 10.9. The van der Waals surface area contributed by atoms with Crippen LogP contribution < -0.4 is 14.8 Å². The van der Waals surface area contributed by atoms with Crippen LogP contribution in [0.1, 0.15) is 27.8 Å². The summed E-state index contributed by atoms with van der Waals surface area (Å²) >= 11 is 12.3. The first-order chi connectivity index (χ1) is 17.3. The summed E-state index contributed by atoms with van der Waals surface area (Å²) in [6.45, 7) is 7.91. The third kappa shape index (κ3) is 6.48. The summed E-state index contributed by atoms with van der Waals surface area (Å²) < 4.78 is 11.7. The topological polar surface area (TPSA) is 71.4 Å². The zero-order chi connectivity index (χ0) is 26.2. The Bertz CT molecular complexity index is 1370. The number of nitriles is 1. The third-order valence-electron chi connectivity index (χ3n) is 5.65. The Hall–Kier alpha value is -3.72. The van der Waals surface area contributed by atoms with E-state index in [0.29, 0.717) is 39.2 Å². The van der Waals surface area contributed by atoms with Crippen molar-refractivity contribution in [3.05, 3.63) is 105 Å². The van der Waals surface area contributed by atoms with Gasteiger partial charge >= 0.3 is 0 Å². The van der Waals surface area contributed by atoms with Crippen LogP contribution in [-0.2, 0) is 17.8 Å². The highest BCUT2D eigenvalue weighted by Crippen LogP contribution is 2.35. The van der Waals surface area contributed by atoms with E-state index in [1.807, 2.05) is 38.1 Å². The molecule has 3 aromatic carbocycles. The van der Waals surface area contributed by atoms with Gasteiger partial charge < -0.3 is 14.8 Å². The van der Waals surface area contributed by atoms with E-state index in [2.05, 4.69) is 11.9 Å². The monoisotopic (exact) mass is 520 g/mol. The van der Waals surface area contributed by atoms with E-state index in [1.165, 1.54) is 13.2 Å². The number of anilines is 1. The van der Waals surface area contributed by atoms with Crippen molar-refractivity contribution < 1.29 is 14.3 Å². The number of nitrogens with one attached hydrogen (secondary N) is 1. The zero-order valence-electron chi connectivity index (χ0n) is 20.3. The van der Waals surface area contributed by atoms with Crippen LogP contribution in [0.3, 0.4) is 0 Å². The number of carbonyl (C=O) groups excluding carboxylic acids is 1. The van der Waals surface area contributed by atoms with Crippen molar-refractivity contribution in [2.45, 2.75) is 26.9 Å². The highest BCUT2D eigenvalue weighted by molar-refractivity contribution is 6.35. The molecule has 0 saturated carbocycles. The molecule has 1 N–H and O–H groups in total. The van der Waals surface area contributed by atoms with Gasteiger partial charge in [0.2, 0.25) is 0 Å². The molecule has 0 fully saturated rings. The number of carbonyl (C=O) groups is 1. The van der Waals surface area contributed by atoms with Crippen LogP contribution in [0.15, 0.2) is 66.8 Å². The second-order valence-corrected chi connectivity index (χ2v) is 8.94. The number of halogens is 2. The lowest BCUT2D eigenvalue weighted by Gasteiger charge is -2.16. The standard InChI is InChI=1S/C29H26Cl2N2O3/c1-5-7-21-12-20(13-23(16-32)29(34)33-26-9-6-8-18(2)19(26)3)14-27(35-4)28(21)36-17-22-10-11-24(30)15-25(22)31/h5-6,8-15H,1,7,17H2,2-4H3,(H,33,34)/b23-13+. The Morgan fingerprint density at radius 3 is 2.58 bits per heavy atom. The summed E-state index contributed by atoms with van der Waals surface area (Å²) in [6.07, 6.45) is 3.75. The van der Waals surface area contributed by atoms with Crippen LogP contribution in [0.4, 0.5) is 5.69 Å². The van der Waals surface area contributed by atoms with E-state index in [4.69, 9.17) is 32.7 Å². The van der Waals surface area contributed by atoms with Gasteiger partial charge in [-0.15, -0.1) is 6.58 Å². The van der Waals surface area contributed by atoms with Gasteiger partial charge in [0.1, 0.15) is 18.2 Å². The number of hydrogen-bond acceptors (Lipinski definition) is 4. The molecule has 0 atom stereocenters. The second kappa shape index (κ2) is 12.3. The summed E-state index contributed by atoms with van der Waals surface area (Å²) in [5, 5.41) is 13.6. The maximum atomic E-state index is 12.9. The number of amides is 1. The van der Waals surface area contributed by atoms with Crippen LogP contribution in [0.25, 0.3) is 6.08 Å². The molecular formula is C29H26Cl2N2O3. The van der Waals surface area contributed by atoms with E-state index < -0.39 is 5.91 Å². The summed E-state index contributed by atoms with van der Waals surface area (Å²) in [5.41, 5.74) is 4.79. The van der Waals surface area contributed by atoms with E-state index in [0.717, 1.165) is 22.3 Å². The van der Waals surface area contributed by atoms with Gasteiger partial charge in [0, 0.05) is 26.9 Å². The highest BCUT2D eigenvalue weighted by atomic mass is 35.5. The molecule has 0 spiro atoms. The van der Waals surface area contributed by atoms with Crippen LogP contribution in [0.2, 0.25) is 10.0 Å². The molecule has 0 aliphatic rings. The minimum atomic E-state index is -0.492. The van der Waals surface area contributed by atoms with Crippen molar-refractivity contribution >= 4 is 40.9 Å². The number of ether oxygens (including phenoxy) is 2. The van der Waals surface area contributed by atoms with Crippen molar-refractivity contribution in [3.8, 4) is 17.6 Å². The Morgan fingerprint density at radius 2 is 1.92 bits per heavy atom. The Morgan fingerprint density at radius 1 is 1.14 bits per heavy atom. The van der Waals surface area contributed by atoms with Crippen molar-refractivity contribution in [3.63, 3.8) is 0 Å². The number of aryl methyl sites for hydroxylation is 1. The summed E-state index contributed by atoms with van der Waals surface area (Å²) in [4.78, 5) is 12.9. The molecule has 1 amide bonds. The number of methoxy groups -OCH3 is 1. The fraction of sp³-hybridized carbons (Fsp3) is 0.172. The first kappa shape index (κ1) is 26.9. The molecule has 3 rings (SSSR count). The van der Waals surface area contributed by atoms with Crippen LogP contribution >= 0.6 is 23.2 Å². The smallest absolute Gasteiger partial charge is 0.266 e. The molecule has 0 aliphatic heterocycles. The van der Waals surface area contributed by atoms with Gasteiger partial charge in [0.15, 0.2) is 11.5 Å². The molecule has 0 saturated heterocycles. The van der Waals surface area contributed by atoms with Crippen molar-refractivity contribution in [2.75, 3.05) is 12.4 Å². The lowest BCUT2D eigenvalue weighted by molar-refractivity contribution is -0.112. The first-order valence-corrected chi connectivity index (χ1v) is 11.9. The molecule has 0 unspecified atom stereocenters. The summed E-state index contributed by atoms with van der Waals surface area (Å²) in [5.74, 6) is 0.491. The first-order valence-electron chi connectivity index (χ1n) is 11.1. The van der Waals surface area contributed by atoms with E-state index >= 15 is 0 Å². The molecule has 3 aromatic rings. The predicted molar refractivity (Wildman–Crippen MR) is 146 cm³/mol.